The van der Waals surface area contributed by atoms with Crippen LogP contribution in [0.15, 0.2) is 29.3 Å². The molecule has 0 bridgehead atoms. The van der Waals surface area contributed by atoms with Crippen molar-refractivity contribution >= 4 is 5.96 Å². The van der Waals surface area contributed by atoms with E-state index >= 15 is 0 Å². The lowest BCUT2D eigenvalue weighted by Crippen LogP contribution is -2.48. The Hall–Kier alpha value is -2.57. The van der Waals surface area contributed by atoms with Crippen LogP contribution in [0.25, 0.3) is 0 Å². The van der Waals surface area contributed by atoms with E-state index in [2.05, 4.69) is 46.8 Å². The van der Waals surface area contributed by atoms with Gasteiger partial charge in [0.25, 0.3) is 0 Å². The number of benzene rings is 1. The summed E-state index contributed by atoms with van der Waals surface area (Å²) in [6.07, 6.45) is 6.11. The number of nitrogens with one attached hydrogen (secondary N) is 2. The zero-order chi connectivity index (χ0) is 21.8. The minimum Gasteiger partial charge on any atom is -0.493 e. The molecule has 0 saturated heterocycles. The number of para-hydroxylation sites is 1. The lowest BCUT2D eigenvalue weighted by atomic mass is 9.64. The van der Waals surface area contributed by atoms with Crippen molar-refractivity contribution in [1.29, 1.82) is 0 Å². The van der Waals surface area contributed by atoms with Gasteiger partial charge in [-0.15, -0.1) is 10.2 Å². The molecule has 2 heterocycles. The van der Waals surface area contributed by atoms with Gasteiger partial charge in [-0.25, -0.2) is 4.99 Å². The van der Waals surface area contributed by atoms with Gasteiger partial charge in [-0.3, -0.25) is 0 Å². The molecule has 1 aliphatic heterocycles. The average Bonchev–Trinajstić information content (AvgIpc) is 3.05. The minimum absolute atomic E-state index is 0.180. The predicted octanol–water partition coefficient (Wildman–Crippen LogP) is 3.90. The Bertz CT molecular complexity index is 915. The molecule has 31 heavy (non-hydrogen) atoms. The number of nitrogens with zero attached hydrogens (tertiary/aromatic N) is 4. The minimum atomic E-state index is 0.180. The molecule has 0 spiro atoms. The van der Waals surface area contributed by atoms with E-state index in [1.165, 1.54) is 31.2 Å². The largest absolute Gasteiger partial charge is 0.493 e. The molecule has 2 aliphatic rings. The maximum atomic E-state index is 5.85. The third kappa shape index (κ3) is 5.02. The van der Waals surface area contributed by atoms with Crippen molar-refractivity contribution in [2.45, 2.75) is 65.5 Å². The average molecular weight is 425 g/mol. The number of hydrogen-bond donors (Lipinski definition) is 2. The smallest absolute Gasteiger partial charge is 0.192 e. The summed E-state index contributed by atoms with van der Waals surface area (Å²) in [5.41, 5.74) is 1.59. The number of guanidine groups is 1. The molecule has 1 atom stereocenters. The zero-order valence-corrected chi connectivity index (χ0v) is 19.3. The van der Waals surface area contributed by atoms with E-state index < -0.39 is 0 Å². The zero-order valence-electron chi connectivity index (χ0n) is 19.3. The highest BCUT2D eigenvalue weighted by atomic mass is 16.5. The quantitative estimate of drug-likeness (QED) is 0.521. The van der Waals surface area contributed by atoms with Crippen molar-refractivity contribution in [2.75, 3.05) is 13.2 Å². The maximum Gasteiger partial charge on any atom is 0.192 e. The van der Waals surface area contributed by atoms with Crippen LogP contribution in [0, 0.1) is 18.3 Å². The first-order chi connectivity index (χ1) is 15.0. The molecular weight excluding hydrogens is 388 g/mol. The van der Waals surface area contributed by atoms with Crippen molar-refractivity contribution in [3.05, 3.63) is 41.5 Å². The second-order valence-corrected chi connectivity index (χ2v) is 9.56. The van der Waals surface area contributed by atoms with Gasteiger partial charge >= 0.3 is 0 Å². The lowest BCUT2D eigenvalue weighted by molar-refractivity contribution is 0.104. The Labute approximate surface area is 185 Å². The summed E-state index contributed by atoms with van der Waals surface area (Å²) in [7, 11) is 1.99. The lowest BCUT2D eigenvalue weighted by Gasteiger charge is -2.44. The Kier molecular flexibility index (Phi) is 6.49. The molecule has 1 aromatic carbocycles. The SMILES string of the molecule is Cc1nnc(CN=C(NCC2(CC(C)C)CCC2)NC2CCOc3ccccc32)n1C. The molecule has 1 saturated carbocycles. The number of rotatable bonds is 7. The van der Waals surface area contributed by atoms with Crippen LogP contribution in [-0.2, 0) is 13.6 Å². The van der Waals surface area contributed by atoms with E-state index in [-0.39, 0.29) is 6.04 Å². The molecule has 0 amide bonds. The number of aryl methyl sites for hydroxylation is 1. The third-order valence-electron chi connectivity index (χ3n) is 6.72. The van der Waals surface area contributed by atoms with Gasteiger partial charge in [0.05, 0.1) is 12.6 Å². The van der Waals surface area contributed by atoms with Crippen LogP contribution in [0.3, 0.4) is 0 Å². The van der Waals surface area contributed by atoms with Gasteiger partial charge in [-0.05, 0) is 43.6 Å². The van der Waals surface area contributed by atoms with Crippen LogP contribution in [-0.4, -0.2) is 33.9 Å². The van der Waals surface area contributed by atoms with Crippen LogP contribution in [0.2, 0.25) is 0 Å². The molecule has 1 aromatic heterocycles. The summed E-state index contributed by atoms with van der Waals surface area (Å²) in [4.78, 5) is 4.91. The van der Waals surface area contributed by atoms with E-state index in [0.717, 1.165) is 36.3 Å². The van der Waals surface area contributed by atoms with Gasteiger partial charge in [0.1, 0.15) is 18.1 Å². The van der Waals surface area contributed by atoms with Crippen molar-refractivity contribution in [2.24, 2.45) is 23.4 Å². The Morgan fingerprint density at radius 3 is 2.77 bits per heavy atom. The number of aliphatic imine (C=N–C) groups is 1. The van der Waals surface area contributed by atoms with Gasteiger partial charge in [-0.2, -0.15) is 0 Å². The summed E-state index contributed by atoms with van der Waals surface area (Å²) in [6.45, 7) is 8.77. The summed E-state index contributed by atoms with van der Waals surface area (Å²) in [5, 5.41) is 15.8. The summed E-state index contributed by atoms with van der Waals surface area (Å²) < 4.78 is 7.84. The molecule has 1 fully saturated rings. The number of aromatic nitrogens is 3. The summed E-state index contributed by atoms with van der Waals surface area (Å²) >= 11 is 0. The monoisotopic (exact) mass is 424 g/mol. The highest BCUT2D eigenvalue weighted by Gasteiger charge is 2.37. The summed E-state index contributed by atoms with van der Waals surface area (Å²) in [6, 6.07) is 8.46. The van der Waals surface area contributed by atoms with Crippen molar-refractivity contribution < 1.29 is 4.74 Å². The van der Waals surface area contributed by atoms with Gasteiger partial charge < -0.3 is 19.9 Å². The van der Waals surface area contributed by atoms with Crippen LogP contribution < -0.4 is 15.4 Å². The Balaban J connectivity index is 1.51. The van der Waals surface area contributed by atoms with Crippen molar-refractivity contribution in [1.82, 2.24) is 25.4 Å². The van der Waals surface area contributed by atoms with E-state index in [1.807, 2.05) is 30.7 Å². The van der Waals surface area contributed by atoms with Crippen LogP contribution >= 0.6 is 0 Å². The molecule has 1 unspecified atom stereocenters. The fourth-order valence-corrected chi connectivity index (χ4v) is 4.82. The second-order valence-electron chi connectivity index (χ2n) is 9.56. The standard InChI is InChI=1S/C24H36N6O/c1-17(2)14-24(11-7-12-24)16-26-23(25-15-22-29-28-18(3)30(22)4)27-20-10-13-31-21-9-6-5-8-19(20)21/h5-6,8-9,17,20H,7,10-16H2,1-4H3,(H2,25,26,27). The number of fused-ring (bicyclic) bond motifs is 1. The molecule has 0 radical (unpaired) electrons. The van der Waals surface area contributed by atoms with Gasteiger partial charge in [-0.1, -0.05) is 38.5 Å². The fourth-order valence-electron chi connectivity index (χ4n) is 4.82. The van der Waals surface area contributed by atoms with Crippen LogP contribution in [0.5, 0.6) is 5.75 Å². The molecule has 168 valence electrons. The van der Waals surface area contributed by atoms with E-state index in [9.17, 15) is 0 Å². The normalized spacial score (nSPS) is 20.0. The van der Waals surface area contributed by atoms with Crippen LogP contribution in [0.1, 0.15) is 69.2 Å². The molecule has 7 nitrogen and oxygen atoms in total. The fraction of sp³-hybridized carbons (Fsp3) is 0.625. The highest BCUT2D eigenvalue weighted by Crippen LogP contribution is 2.45. The number of hydrogen-bond acceptors (Lipinski definition) is 4. The maximum absolute atomic E-state index is 5.85. The molecule has 7 heteroatoms. The molecule has 2 aromatic rings. The van der Waals surface area contributed by atoms with Gasteiger partial charge in [0, 0.05) is 25.6 Å². The van der Waals surface area contributed by atoms with Crippen molar-refractivity contribution in [3.8, 4) is 5.75 Å². The molecule has 2 N–H and O–H groups in total. The first-order valence-electron chi connectivity index (χ1n) is 11.6. The van der Waals surface area contributed by atoms with Crippen LogP contribution in [0.4, 0.5) is 0 Å². The number of ether oxygens (including phenoxy) is 1. The first-order valence-corrected chi connectivity index (χ1v) is 11.6. The highest BCUT2D eigenvalue weighted by molar-refractivity contribution is 5.80. The predicted molar refractivity (Wildman–Crippen MR) is 123 cm³/mol. The van der Waals surface area contributed by atoms with E-state index in [1.54, 1.807) is 0 Å². The summed E-state index contributed by atoms with van der Waals surface area (Å²) in [5.74, 6) is 4.28. The Morgan fingerprint density at radius 1 is 1.29 bits per heavy atom. The topological polar surface area (TPSA) is 76.4 Å². The second kappa shape index (κ2) is 9.28. The third-order valence-corrected chi connectivity index (χ3v) is 6.72. The molecular formula is C24H36N6O. The van der Waals surface area contributed by atoms with E-state index in [0.29, 0.717) is 24.5 Å². The first kappa shape index (κ1) is 21.7. The molecule has 4 rings (SSSR count). The van der Waals surface area contributed by atoms with Crippen molar-refractivity contribution in [3.63, 3.8) is 0 Å². The molecule has 1 aliphatic carbocycles. The van der Waals surface area contributed by atoms with Gasteiger partial charge in [0.15, 0.2) is 11.8 Å². The van der Waals surface area contributed by atoms with Gasteiger partial charge in [0.2, 0.25) is 0 Å². The van der Waals surface area contributed by atoms with E-state index in [4.69, 9.17) is 9.73 Å². The Morgan fingerprint density at radius 2 is 2.10 bits per heavy atom.